The van der Waals surface area contributed by atoms with Crippen molar-refractivity contribution in [1.82, 2.24) is 14.6 Å². The molecule has 0 unspecified atom stereocenters. The Morgan fingerprint density at radius 2 is 2.20 bits per heavy atom. The molecular weight excluding hydrogens is 278 g/mol. The SMILES string of the molecule is CCOC(=O)c1cc2nc(C3CCCC3)cc(Cl)n2n1. The van der Waals surface area contributed by atoms with Gasteiger partial charge in [-0.15, -0.1) is 0 Å². The molecule has 2 aromatic rings. The van der Waals surface area contributed by atoms with Gasteiger partial charge in [0.05, 0.1) is 6.61 Å². The van der Waals surface area contributed by atoms with Gasteiger partial charge in [0.25, 0.3) is 0 Å². The number of ether oxygens (including phenoxy) is 1. The minimum absolute atomic E-state index is 0.241. The lowest BCUT2D eigenvalue weighted by atomic mass is 10.0. The van der Waals surface area contributed by atoms with E-state index in [-0.39, 0.29) is 5.69 Å². The number of fused-ring (bicyclic) bond motifs is 1. The third-order valence-electron chi connectivity index (χ3n) is 3.66. The van der Waals surface area contributed by atoms with Gasteiger partial charge in [-0.25, -0.2) is 14.3 Å². The molecule has 1 saturated carbocycles. The predicted octanol–water partition coefficient (Wildman–Crippen LogP) is 3.22. The standard InChI is InChI=1S/C14H16ClN3O2/c1-2-20-14(19)11-8-13-16-10(9-5-3-4-6-9)7-12(15)18(13)17-11/h7-9H,2-6H2,1H3. The maximum atomic E-state index is 11.7. The van der Waals surface area contributed by atoms with Gasteiger partial charge in [-0.3, -0.25) is 0 Å². The van der Waals surface area contributed by atoms with Gasteiger partial charge in [0.1, 0.15) is 5.15 Å². The van der Waals surface area contributed by atoms with Crippen LogP contribution in [0.3, 0.4) is 0 Å². The van der Waals surface area contributed by atoms with Crippen molar-refractivity contribution < 1.29 is 9.53 Å². The molecule has 0 saturated heterocycles. The molecule has 0 amide bonds. The molecule has 0 spiro atoms. The highest BCUT2D eigenvalue weighted by Gasteiger charge is 2.21. The van der Waals surface area contributed by atoms with E-state index >= 15 is 0 Å². The van der Waals surface area contributed by atoms with Gasteiger partial charge in [-0.1, -0.05) is 24.4 Å². The van der Waals surface area contributed by atoms with Gasteiger partial charge in [0, 0.05) is 17.7 Å². The second kappa shape index (κ2) is 5.40. The highest BCUT2D eigenvalue weighted by Crippen LogP contribution is 2.34. The van der Waals surface area contributed by atoms with Crippen molar-refractivity contribution >= 4 is 23.2 Å². The fraction of sp³-hybridized carbons (Fsp3) is 0.500. The lowest BCUT2D eigenvalue weighted by Crippen LogP contribution is -2.05. The maximum absolute atomic E-state index is 11.7. The molecule has 0 radical (unpaired) electrons. The van der Waals surface area contributed by atoms with E-state index in [2.05, 4.69) is 10.1 Å². The summed E-state index contributed by atoms with van der Waals surface area (Å²) in [4.78, 5) is 16.3. The Kier molecular flexibility index (Phi) is 3.61. The number of halogens is 1. The normalized spacial score (nSPS) is 15.9. The lowest BCUT2D eigenvalue weighted by molar-refractivity contribution is 0.0519. The van der Waals surface area contributed by atoms with E-state index in [4.69, 9.17) is 16.3 Å². The zero-order valence-electron chi connectivity index (χ0n) is 11.3. The van der Waals surface area contributed by atoms with E-state index in [9.17, 15) is 4.79 Å². The average molecular weight is 294 g/mol. The second-order valence-corrected chi connectivity index (χ2v) is 5.39. The monoisotopic (exact) mass is 293 g/mol. The van der Waals surface area contributed by atoms with Crippen molar-refractivity contribution in [2.45, 2.75) is 38.5 Å². The molecule has 6 heteroatoms. The Balaban J connectivity index is 2.00. The Morgan fingerprint density at radius 1 is 1.45 bits per heavy atom. The molecule has 20 heavy (non-hydrogen) atoms. The fourth-order valence-electron chi connectivity index (χ4n) is 2.69. The summed E-state index contributed by atoms with van der Waals surface area (Å²) in [6, 6.07) is 3.48. The average Bonchev–Trinajstić information content (AvgIpc) is 3.08. The third-order valence-corrected chi connectivity index (χ3v) is 3.93. The van der Waals surface area contributed by atoms with Crippen LogP contribution >= 0.6 is 11.6 Å². The highest BCUT2D eigenvalue weighted by atomic mass is 35.5. The molecular formula is C14H16ClN3O2. The molecule has 0 bridgehead atoms. The van der Waals surface area contributed by atoms with Crippen molar-refractivity contribution in [2.75, 3.05) is 6.61 Å². The van der Waals surface area contributed by atoms with Crippen LogP contribution in [-0.4, -0.2) is 27.2 Å². The molecule has 1 aliphatic carbocycles. The molecule has 0 atom stereocenters. The van der Waals surface area contributed by atoms with Crippen molar-refractivity contribution in [2.24, 2.45) is 0 Å². The van der Waals surface area contributed by atoms with E-state index in [1.807, 2.05) is 6.07 Å². The third kappa shape index (κ3) is 2.38. The van der Waals surface area contributed by atoms with Crippen LogP contribution in [0.2, 0.25) is 5.15 Å². The van der Waals surface area contributed by atoms with Crippen LogP contribution in [0, 0.1) is 0 Å². The van der Waals surface area contributed by atoms with Crippen molar-refractivity contribution in [3.05, 3.63) is 28.7 Å². The molecule has 1 aliphatic rings. The first-order valence-electron chi connectivity index (χ1n) is 6.92. The number of hydrogen-bond acceptors (Lipinski definition) is 4. The summed E-state index contributed by atoms with van der Waals surface area (Å²) >= 11 is 6.24. The zero-order chi connectivity index (χ0) is 14.1. The molecule has 2 aromatic heterocycles. The van der Waals surface area contributed by atoms with Crippen LogP contribution in [0.15, 0.2) is 12.1 Å². The number of carbonyl (C=O) groups excluding carboxylic acids is 1. The van der Waals surface area contributed by atoms with Crippen LogP contribution in [0.1, 0.15) is 54.7 Å². The summed E-state index contributed by atoms with van der Waals surface area (Å²) in [6.07, 6.45) is 4.78. The number of carbonyl (C=O) groups is 1. The molecule has 106 valence electrons. The topological polar surface area (TPSA) is 56.5 Å². The van der Waals surface area contributed by atoms with E-state index in [0.717, 1.165) is 18.5 Å². The summed E-state index contributed by atoms with van der Waals surface area (Å²) in [5, 5.41) is 4.63. The Hall–Kier alpha value is -1.62. The molecule has 0 aliphatic heterocycles. The first-order chi connectivity index (χ1) is 9.69. The van der Waals surface area contributed by atoms with Gasteiger partial charge in [0.15, 0.2) is 11.3 Å². The molecule has 1 fully saturated rings. The van der Waals surface area contributed by atoms with E-state index in [1.165, 1.54) is 17.4 Å². The van der Waals surface area contributed by atoms with Crippen molar-refractivity contribution in [3.8, 4) is 0 Å². The minimum atomic E-state index is -0.448. The van der Waals surface area contributed by atoms with E-state index in [1.54, 1.807) is 13.0 Å². The first-order valence-corrected chi connectivity index (χ1v) is 7.30. The van der Waals surface area contributed by atoms with Crippen LogP contribution < -0.4 is 0 Å². The maximum Gasteiger partial charge on any atom is 0.358 e. The van der Waals surface area contributed by atoms with Crippen LogP contribution in [0.25, 0.3) is 5.65 Å². The summed E-state index contributed by atoms with van der Waals surface area (Å²) < 4.78 is 6.42. The van der Waals surface area contributed by atoms with E-state index in [0.29, 0.717) is 23.3 Å². The van der Waals surface area contributed by atoms with Crippen molar-refractivity contribution in [3.63, 3.8) is 0 Å². The van der Waals surface area contributed by atoms with Crippen LogP contribution in [-0.2, 0) is 4.74 Å². The fourth-order valence-corrected chi connectivity index (χ4v) is 2.93. The molecule has 5 nitrogen and oxygen atoms in total. The van der Waals surface area contributed by atoms with Crippen LogP contribution in [0.5, 0.6) is 0 Å². The molecule has 2 heterocycles. The summed E-state index contributed by atoms with van der Waals surface area (Å²) in [5.74, 6) is 0.0231. The number of hydrogen-bond donors (Lipinski definition) is 0. The summed E-state index contributed by atoms with van der Waals surface area (Å²) in [7, 11) is 0. The second-order valence-electron chi connectivity index (χ2n) is 5.01. The zero-order valence-corrected chi connectivity index (χ0v) is 12.1. The molecule has 3 rings (SSSR count). The number of nitrogens with zero attached hydrogens (tertiary/aromatic N) is 3. The minimum Gasteiger partial charge on any atom is -0.461 e. The molecule has 0 aromatic carbocycles. The smallest absolute Gasteiger partial charge is 0.358 e. The lowest BCUT2D eigenvalue weighted by Gasteiger charge is -2.09. The first kappa shape index (κ1) is 13.4. The Labute approximate surface area is 121 Å². The van der Waals surface area contributed by atoms with E-state index < -0.39 is 5.97 Å². The number of esters is 1. The van der Waals surface area contributed by atoms with Gasteiger partial charge in [-0.2, -0.15) is 5.10 Å². The van der Waals surface area contributed by atoms with Gasteiger partial charge in [-0.05, 0) is 25.8 Å². The van der Waals surface area contributed by atoms with Crippen LogP contribution in [0.4, 0.5) is 0 Å². The highest BCUT2D eigenvalue weighted by molar-refractivity contribution is 6.29. The summed E-state index contributed by atoms with van der Waals surface area (Å²) in [5.41, 5.74) is 1.84. The Morgan fingerprint density at radius 3 is 2.90 bits per heavy atom. The summed E-state index contributed by atoms with van der Waals surface area (Å²) in [6.45, 7) is 2.08. The van der Waals surface area contributed by atoms with Crippen molar-refractivity contribution in [1.29, 1.82) is 0 Å². The van der Waals surface area contributed by atoms with Gasteiger partial charge in [0.2, 0.25) is 0 Å². The van der Waals surface area contributed by atoms with Gasteiger partial charge < -0.3 is 4.74 Å². The number of rotatable bonds is 3. The molecule has 0 N–H and O–H groups in total. The number of aromatic nitrogens is 3. The Bertz CT molecular complexity index is 647. The largest absolute Gasteiger partial charge is 0.461 e. The van der Waals surface area contributed by atoms with Gasteiger partial charge >= 0.3 is 5.97 Å². The predicted molar refractivity (Wildman–Crippen MR) is 75.2 cm³/mol. The quantitative estimate of drug-likeness (QED) is 0.644.